The average Bonchev–Trinajstić information content (AvgIpc) is 2.25. The van der Waals surface area contributed by atoms with Crippen molar-refractivity contribution in [2.45, 2.75) is 25.1 Å². The van der Waals surface area contributed by atoms with Crippen molar-refractivity contribution in [2.75, 3.05) is 13.7 Å². The molecule has 0 fully saturated rings. The van der Waals surface area contributed by atoms with Crippen molar-refractivity contribution in [3.05, 3.63) is 24.3 Å². The molecule has 3 heteroatoms. The van der Waals surface area contributed by atoms with E-state index in [4.69, 9.17) is 21.1 Å². The maximum Gasteiger partial charge on any atom is 0.119 e. The molecule has 1 aromatic rings. The second-order valence-electron chi connectivity index (χ2n) is 3.45. The summed E-state index contributed by atoms with van der Waals surface area (Å²) in [5.74, 6) is 1.72. The molecule has 0 aliphatic heterocycles. The molecule has 0 heterocycles. The molecule has 84 valence electrons. The van der Waals surface area contributed by atoms with Crippen LogP contribution in [0.4, 0.5) is 0 Å². The third-order valence-electron chi connectivity index (χ3n) is 2.07. The van der Waals surface area contributed by atoms with Gasteiger partial charge in [0.2, 0.25) is 0 Å². The Kier molecular flexibility index (Phi) is 5.33. The molecule has 0 bridgehead atoms. The zero-order chi connectivity index (χ0) is 11.1. The van der Waals surface area contributed by atoms with Gasteiger partial charge >= 0.3 is 0 Å². The molecule has 1 rings (SSSR count). The van der Waals surface area contributed by atoms with Crippen molar-refractivity contribution in [1.29, 1.82) is 0 Å². The third kappa shape index (κ3) is 4.93. The summed E-state index contributed by atoms with van der Waals surface area (Å²) in [5, 5.41) is 0.226. The number of benzene rings is 1. The van der Waals surface area contributed by atoms with Crippen LogP contribution < -0.4 is 9.47 Å². The Morgan fingerprint density at radius 3 is 2.33 bits per heavy atom. The molecule has 1 atom stereocenters. The Bertz CT molecular complexity index is 269. The predicted octanol–water partition coefficient (Wildman–Crippen LogP) is 3.48. The summed E-state index contributed by atoms with van der Waals surface area (Å²) in [5.41, 5.74) is 0. The second-order valence-corrected chi connectivity index (χ2v) is 4.19. The zero-order valence-corrected chi connectivity index (χ0v) is 9.96. The first-order valence-corrected chi connectivity index (χ1v) is 5.57. The lowest BCUT2D eigenvalue weighted by atomic mass is 10.2. The molecular weight excluding hydrogens is 212 g/mol. The zero-order valence-electron chi connectivity index (χ0n) is 9.20. The maximum absolute atomic E-state index is 5.83. The van der Waals surface area contributed by atoms with Crippen molar-refractivity contribution in [3.8, 4) is 11.5 Å². The highest BCUT2D eigenvalue weighted by molar-refractivity contribution is 6.20. The molecular formula is C12H17ClO2. The van der Waals surface area contributed by atoms with Gasteiger partial charge < -0.3 is 9.47 Å². The van der Waals surface area contributed by atoms with Gasteiger partial charge in [0.05, 0.1) is 13.7 Å². The topological polar surface area (TPSA) is 18.5 Å². The van der Waals surface area contributed by atoms with Gasteiger partial charge in [-0.3, -0.25) is 0 Å². The van der Waals surface area contributed by atoms with Crippen LogP contribution in [0.25, 0.3) is 0 Å². The summed E-state index contributed by atoms with van der Waals surface area (Å²) >= 11 is 5.83. The van der Waals surface area contributed by atoms with E-state index in [0.29, 0.717) is 6.61 Å². The lowest BCUT2D eigenvalue weighted by molar-refractivity contribution is 0.306. The lowest BCUT2D eigenvalue weighted by Gasteiger charge is -2.07. The van der Waals surface area contributed by atoms with Gasteiger partial charge in [0.1, 0.15) is 11.5 Å². The van der Waals surface area contributed by atoms with Gasteiger partial charge in [-0.25, -0.2) is 0 Å². The van der Waals surface area contributed by atoms with E-state index < -0.39 is 0 Å². The molecule has 0 saturated carbocycles. The van der Waals surface area contributed by atoms with Crippen LogP contribution in [0.2, 0.25) is 0 Å². The number of alkyl halides is 1. The Labute approximate surface area is 96.2 Å². The van der Waals surface area contributed by atoms with Crippen LogP contribution in [0.3, 0.4) is 0 Å². The van der Waals surface area contributed by atoms with Crippen molar-refractivity contribution in [3.63, 3.8) is 0 Å². The first-order valence-electron chi connectivity index (χ1n) is 5.13. The largest absolute Gasteiger partial charge is 0.497 e. The van der Waals surface area contributed by atoms with E-state index in [1.54, 1.807) is 7.11 Å². The van der Waals surface area contributed by atoms with Crippen LogP contribution >= 0.6 is 11.6 Å². The summed E-state index contributed by atoms with van der Waals surface area (Å²) in [6.07, 6.45) is 1.97. The Balaban J connectivity index is 2.25. The second kappa shape index (κ2) is 6.57. The molecule has 0 aromatic heterocycles. The van der Waals surface area contributed by atoms with E-state index in [1.165, 1.54) is 0 Å². The molecule has 0 spiro atoms. The number of halogens is 1. The Hall–Kier alpha value is -0.890. The molecule has 1 unspecified atom stereocenters. The summed E-state index contributed by atoms with van der Waals surface area (Å²) in [7, 11) is 1.65. The molecule has 0 N–H and O–H groups in total. The third-order valence-corrected chi connectivity index (χ3v) is 2.29. The highest BCUT2D eigenvalue weighted by Crippen LogP contribution is 2.17. The quantitative estimate of drug-likeness (QED) is 0.548. The highest BCUT2D eigenvalue weighted by atomic mass is 35.5. The molecule has 0 aliphatic carbocycles. The van der Waals surface area contributed by atoms with Gasteiger partial charge in [-0.1, -0.05) is 0 Å². The summed E-state index contributed by atoms with van der Waals surface area (Å²) in [4.78, 5) is 0. The molecule has 15 heavy (non-hydrogen) atoms. The maximum atomic E-state index is 5.83. The van der Waals surface area contributed by atoms with Gasteiger partial charge in [-0.05, 0) is 44.0 Å². The van der Waals surface area contributed by atoms with Crippen LogP contribution in [0.15, 0.2) is 24.3 Å². The summed E-state index contributed by atoms with van der Waals surface area (Å²) in [6, 6.07) is 7.59. The fourth-order valence-electron chi connectivity index (χ4n) is 1.23. The van der Waals surface area contributed by atoms with Crippen molar-refractivity contribution in [2.24, 2.45) is 0 Å². The smallest absolute Gasteiger partial charge is 0.119 e. The van der Waals surface area contributed by atoms with Crippen molar-refractivity contribution >= 4 is 11.6 Å². The first-order chi connectivity index (χ1) is 7.22. The van der Waals surface area contributed by atoms with E-state index in [9.17, 15) is 0 Å². The molecule has 0 radical (unpaired) electrons. The number of hydrogen-bond acceptors (Lipinski definition) is 2. The molecule has 0 saturated heterocycles. The van der Waals surface area contributed by atoms with Gasteiger partial charge in [-0.15, -0.1) is 11.6 Å². The fourth-order valence-corrected chi connectivity index (χ4v) is 1.38. The number of ether oxygens (including phenoxy) is 2. The monoisotopic (exact) mass is 228 g/mol. The standard InChI is InChI=1S/C12H17ClO2/c1-10(13)4-3-9-15-12-7-5-11(14-2)6-8-12/h5-8,10H,3-4,9H2,1-2H3. The van der Waals surface area contributed by atoms with E-state index in [0.717, 1.165) is 24.3 Å². The fraction of sp³-hybridized carbons (Fsp3) is 0.500. The predicted molar refractivity (Wildman–Crippen MR) is 63.0 cm³/mol. The molecule has 0 amide bonds. The van der Waals surface area contributed by atoms with Gasteiger partial charge in [0.15, 0.2) is 0 Å². The van der Waals surface area contributed by atoms with E-state index in [-0.39, 0.29) is 5.38 Å². The first kappa shape index (κ1) is 12.2. The van der Waals surface area contributed by atoms with Crippen LogP contribution in [-0.2, 0) is 0 Å². The molecule has 2 nitrogen and oxygen atoms in total. The van der Waals surface area contributed by atoms with Gasteiger partial charge in [0, 0.05) is 5.38 Å². The Morgan fingerprint density at radius 1 is 1.20 bits per heavy atom. The number of methoxy groups -OCH3 is 1. The highest BCUT2D eigenvalue weighted by Gasteiger charge is 1.97. The van der Waals surface area contributed by atoms with E-state index >= 15 is 0 Å². The van der Waals surface area contributed by atoms with Crippen LogP contribution in [0, 0.1) is 0 Å². The summed E-state index contributed by atoms with van der Waals surface area (Å²) < 4.78 is 10.6. The van der Waals surface area contributed by atoms with E-state index in [1.807, 2.05) is 31.2 Å². The van der Waals surface area contributed by atoms with Crippen LogP contribution in [0.1, 0.15) is 19.8 Å². The minimum absolute atomic E-state index is 0.226. The van der Waals surface area contributed by atoms with E-state index in [2.05, 4.69) is 0 Å². The minimum atomic E-state index is 0.226. The normalized spacial score (nSPS) is 12.2. The Morgan fingerprint density at radius 2 is 1.80 bits per heavy atom. The van der Waals surface area contributed by atoms with Crippen molar-refractivity contribution in [1.82, 2.24) is 0 Å². The number of rotatable bonds is 6. The van der Waals surface area contributed by atoms with Gasteiger partial charge in [-0.2, -0.15) is 0 Å². The van der Waals surface area contributed by atoms with Gasteiger partial charge in [0.25, 0.3) is 0 Å². The minimum Gasteiger partial charge on any atom is -0.497 e. The average molecular weight is 229 g/mol. The molecule has 1 aromatic carbocycles. The van der Waals surface area contributed by atoms with Crippen LogP contribution in [-0.4, -0.2) is 19.1 Å². The summed E-state index contributed by atoms with van der Waals surface area (Å²) in [6.45, 7) is 2.71. The number of hydrogen-bond donors (Lipinski definition) is 0. The van der Waals surface area contributed by atoms with Crippen molar-refractivity contribution < 1.29 is 9.47 Å². The molecule has 0 aliphatic rings. The van der Waals surface area contributed by atoms with Crippen LogP contribution in [0.5, 0.6) is 11.5 Å². The lowest BCUT2D eigenvalue weighted by Crippen LogP contribution is -2.00. The SMILES string of the molecule is COc1ccc(OCCCC(C)Cl)cc1.